The summed E-state index contributed by atoms with van der Waals surface area (Å²) in [6.07, 6.45) is 1.86. The first-order valence-corrected chi connectivity index (χ1v) is 15.8. The minimum atomic E-state index is -2.13. The van der Waals surface area contributed by atoms with Crippen molar-refractivity contribution in [2.75, 3.05) is 0 Å². The average molecular weight is 822 g/mol. The van der Waals surface area contributed by atoms with Gasteiger partial charge in [-0.3, -0.25) is 0 Å². The molecule has 3 nitrogen and oxygen atoms in total. The summed E-state index contributed by atoms with van der Waals surface area (Å²) in [5, 5.41) is 4.52. The fourth-order valence-corrected chi connectivity index (χ4v) is 5.72. The van der Waals surface area contributed by atoms with Gasteiger partial charge in [-0.15, -0.1) is 53.1 Å². The summed E-state index contributed by atoms with van der Waals surface area (Å²) >= 11 is 0. The van der Waals surface area contributed by atoms with Gasteiger partial charge in [0.15, 0.2) is 0 Å². The number of aryl methyl sites for hydroxylation is 2. The number of furan rings is 1. The predicted octanol–water partition coefficient (Wildman–Crippen LogP) is 12.0. The Bertz CT molecular complexity index is 2610. The Morgan fingerprint density at radius 2 is 1.53 bits per heavy atom. The summed E-state index contributed by atoms with van der Waals surface area (Å²) in [7, 11) is 0. The molecule has 0 unspecified atom stereocenters. The van der Waals surface area contributed by atoms with Crippen LogP contribution < -0.4 is 0 Å². The minimum absolute atomic E-state index is 0. The molecule has 49 heavy (non-hydrogen) atoms. The number of hydrogen-bond acceptors (Lipinski definition) is 3. The number of rotatable bonds is 4. The third-order valence-corrected chi connectivity index (χ3v) is 7.94. The van der Waals surface area contributed by atoms with E-state index < -0.39 is 25.5 Å². The van der Waals surface area contributed by atoms with Crippen LogP contribution in [0.5, 0.6) is 0 Å². The van der Waals surface area contributed by atoms with Crippen LogP contribution in [0.4, 0.5) is 0 Å². The third-order valence-electron chi connectivity index (χ3n) is 7.94. The summed E-state index contributed by atoms with van der Waals surface area (Å²) in [5.41, 5.74) is 7.68. The van der Waals surface area contributed by atoms with Gasteiger partial charge >= 0.3 is 0 Å². The first-order valence-electron chi connectivity index (χ1n) is 19.4. The van der Waals surface area contributed by atoms with Crippen LogP contribution in [0.15, 0.2) is 132 Å². The monoisotopic (exact) mass is 822 g/mol. The van der Waals surface area contributed by atoms with E-state index in [-0.39, 0.29) is 25.7 Å². The average Bonchev–Trinajstić information content (AvgIpc) is 3.56. The van der Waals surface area contributed by atoms with Gasteiger partial charge in [-0.2, -0.15) is 0 Å². The van der Waals surface area contributed by atoms with E-state index in [0.29, 0.717) is 22.4 Å². The van der Waals surface area contributed by atoms with Crippen molar-refractivity contribution in [3.63, 3.8) is 0 Å². The van der Waals surface area contributed by atoms with Gasteiger partial charge in [0, 0.05) is 42.1 Å². The molecule has 1 radical (unpaired) electrons. The van der Waals surface area contributed by atoms with Gasteiger partial charge in [0.25, 0.3) is 0 Å². The molecule has 0 spiro atoms. The van der Waals surface area contributed by atoms with E-state index >= 15 is 0 Å². The second-order valence-electron chi connectivity index (χ2n) is 12.7. The number of aromatic nitrogens is 2. The van der Waals surface area contributed by atoms with Gasteiger partial charge in [0.2, 0.25) is 0 Å². The van der Waals surface area contributed by atoms with Crippen LogP contribution in [0.3, 0.4) is 0 Å². The van der Waals surface area contributed by atoms with Crippen LogP contribution in [0.25, 0.3) is 66.4 Å². The molecule has 0 N–H and O–H groups in total. The zero-order valence-electron chi connectivity index (χ0n) is 34.3. The Morgan fingerprint density at radius 3 is 2.27 bits per heavy atom. The molecule has 0 aliphatic heterocycles. The summed E-state index contributed by atoms with van der Waals surface area (Å²) in [4.78, 5) is 8.75. The van der Waals surface area contributed by atoms with Crippen molar-refractivity contribution in [2.24, 2.45) is 5.41 Å². The number of pyridine rings is 2. The molecule has 0 bridgehead atoms. The molecule has 0 saturated carbocycles. The largest absolute Gasteiger partial charge is 0.476 e. The van der Waals surface area contributed by atoms with Crippen molar-refractivity contribution in [3.8, 4) is 33.6 Å². The van der Waals surface area contributed by atoms with Gasteiger partial charge < -0.3 is 14.4 Å². The van der Waals surface area contributed by atoms with Crippen LogP contribution in [-0.4, -0.2) is 9.97 Å². The van der Waals surface area contributed by atoms with Gasteiger partial charge in [-0.05, 0) is 80.6 Å². The van der Waals surface area contributed by atoms with Crippen molar-refractivity contribution in [1.82, 2.24) is 9.97 Å². The topological polar surface area (TPSA) is 38.9 Å². The quantitative estimate of drug-likeness (QED) is 0.166. The van der Waals surface area contributed by atoms with E-state index in [1.807, 2.05) is 81.4 Å². The molecule has 245 valence electrons. The molecule has 5 aromatic carbocycles. The Kier molecular flexibility index (Phi) is 7.60. The molecular weight excluding hydrogens is 777 g/mol. The molecule has 0 aliphatic carbocycles. The van der Waals surface area contributed by atoms with Crippen molar-refractivity contribution >= 4 is 32.7 Å². The molecule has 0 fully saturated rings. The fraction of sp³-hybridized carbons (Fsp3) is 0.156. The van der Waals surface area contributed by atoms with E-state index in [9.17, 15) is 0 Å². The molecule has 0 saturated heterocycles. The van der Waals surface area contributed by atoms with Crippen LogP contribution in [0.2, 0.25) is 0 Å². The SMILES string of the molecule is [2H]C([2H])(c1ccc(-c2ccnc(-c3[c-]cc4c(c3)oc3ccc5ccccc5c34)c2)cc1)C(C)(C)C.[2H]C([2H])c1ccc(-c2[c-]cc(C([2H])([2H])[2H])cc2)nc1.[Ir]. The van der Waals surface area contributed by atoms with Gasteiger partial charge in [-0.25, -0.2) is 0 Å². The maximum absolute atomic E-state index is 8.53. The summed E-state index contributed by atoms with van der Waals surface area (Å²) in [5.74, 6) is 0. The molecule has 3 heterocycles. The Morgan fingerprint density at radius 1 is 0.714 bits per heavy atom. The van der Waals surface area contributed by atoms with E-state index in [1.165, 1.54) is 29.1 Å². The maximum Gasteiger partial charge on any atom is 0.124 e. The standard InChI is InChI=1S/C32H26NO.C13H12N.Ir/c1-32(2,3)20-21-8-10-22(11-9-21)24-16-17-33-28(18-24)25-12-14-27-30(19-25)34-29-15-13-23-6-4-5-7-26(23)31(27)29;1-10-3-6-12(7-4-10)13-8-5-11(2)9-14-13;/h4-11,13-19H,20H2,1-3H3;3-6,8-9H,1-2H3;/q2*-1;/i20D2;1D3,2D2;. The van der Waals surface area contributed by atoms with Crippen LogP contribution >= 0.6 is 0 Å². The normalized spacial score (nSPS) is 14.0. The molecule has 0 aliphatic rings. The van der Waals surface area contributed by atoms with E-state index in [4.69, 9.17) is 14.0 Å². The molecule has 4 heteroatoms. The van der Waals surface area contributed by atoms with Crippen molar-refractivity contribution < 1.29 is 34.1 Å². The predicted molar refractivity (Wildman–Crippen MR) is 200 cm³/mol. The fourth-order valence-electron chi connectivity index (χ4n) is 5.72. The Balaban J connectivity index is 0.000000226. The number of fused-ring (bicyclic) bond motifs is 5. The smallest absolute Gasteiger partial charge is 0.124 e. The first kappa shape index (κ1) is 26.0. The molecule has 0 atom stereocenters. The maximum atomic E-state index is 8.53. The molecule has 3 aromatic heterocycles. The summed E-state index contributed by atoms with van der Waals surface area (Å²) in [6, 6.07) is 42.5. The second-order valence-corrected chi connectivity index (χ2v) is 12.7. The number of benzene rings is 5. The van der Waals surface area contributed by atoms with E-state index in [2.05, 4.69) is 46.4 Å². The zero-order chi connectivity index (χ0) is 39.1. The Labute approximate surface area is 312 Å². The molecular formula is C45H38IrN2O-2. The molecule has 8 rings (SSSR count). The zero-order valence-corrected chi connectivity index (χ0v) is 29.7. The molecule has 0 amide bonds. The van der Waals surface area contributed by atoms with Gasteiger partial charge in [0.1, 0.15) is 5.58 Å². The van der Waals surface area contributed by atoms with Crippen LogP contribution in [0, 0.1) is 31.3 Å². The van der Waals surface area contributed by atoms with E-state index in [1.54, 1.807) is 24.4 Å². The van der Waals surface area contributed by atoms with Crippen LogP contribution in [0.1, 0.15) is 47.1 Å². The van der Waals surface area contributed by atoms with Gasteiger partial charge in [0.05, 0.1) is 5.58 Å². The Hall–Kier alpha value is -4.89. The van der Waals surface area contributed by atoms with Crippen molar-refractivity contribution in [3.05, 3.63) is 156 Å². The second kappa shape index (κ2) is 14.3. The van der Waals surface area contributed by atoms with Crippen molar-refractivity contribution in [2.45, 2.75) is 40.9 Å². The van der Waals surface area contributed by atoms with E-state index in [0.717, 1.165) is 44.3 Å². The minimum Gasteiger partial charge on any atom is -0.476 e. The number of nitrogens with zero attached hydrogens (tertiary/aromatic N) is 2. The first-order chi connectivity index (χ1) is 26.1. The summed E-state index contributed by atoms with van der Waals surface area (Å²) < 4.78 is 59.6. The number of hydrogen-bond donors (Lipinski definition) is 0. The van der Waals surface area contributed by atoms with Crippen LogP contribution in [-0.2, 0) is 26.5 Å². The summed E-state index contributed by atoms with van der Waals surface area (Å²) in [6.45, 7) is 2.59. The van der Waals surface area contributed by atoms with Gasteiger partial charge in [-0.1, -0.05) is 112 Å². The van der Waals surface area contributed by atoms with Crippen molar-refractivity contribution in [1.29, 1.82) is 0 Å². The third kappa shape index (κ3) is 7.73. The molecule has 8 aromatic rings.